The topological polar surface area (TPSA) is 171 Å². The molecule has 0 aromatic rings. The number of carboxylic acid groups (broad SMARTS) is 2. The summed E-state index contributed by atoms with van der Waals surface area (Å²) in [4.78, 5) is 43.6. The first-order valence-corrected chi connectivity index (χ1v) is 6.86. The second kappa shape index (κ2) is 5.57. The van der Waals surface area contributed by atoms with Crippen LogP contribution in [0.1, 0.15) is 19.3 Å². The zero-order valence-electron chi connectivity index (χ0n) is 12.0. The minimum absolute atomic E-state index is 0.0675. The van der Waals surface area contributed by atoms with Crippen molar-refractivity contribution in [1.29, 1.82) is 0 Å². The molecule has 1 N–H and O–H groups in total. The lowest BCUT2D eigenvalue weighted by atomic mass is 9.69. The molecule has 1 saturated heterocycles. The van der Waals surface area contributed by atoms with Crippen LogP contribution >= 0.6 is 0 Å². The van der Waals surface area contributed by atoms with E-state index in [-0.39, 0.29) is 19.6 Å². The van der Waals surface area contributed by atoms with Crippen molar-refractivity contribution in [2.75, 3.05) is 19.6 Å². The minimum Gasteiger partial charge on any atom is -0.550 e. The zero-order valence-corrected chi connectivity index (χ0v) is 12.0. The third kappa shape index (κ3) is 2.99. The standard InChI is InChI=1S/C12H15N3O8/c16-9(17)1-2-13-6-11(14(20)21)3-8(10(18)19)4-12(5-11,7-13)15(22)23/h3H,1-2,4-7H2,(H,16,17)(H,18,19)/p-1/t11-,12+/m0/s1. The largest absolute Gasteiger partial charge is 0.550 e. The second-order valence-electron chi connectivity index (χ2n) is 6.13. The molecule has 2 rings (SSSR count). The lowest BCUT2D eigenvalue weighted by Gasteiger charge is -2.43. The van der Waals surface area contributed by atoms with E-state index in [0.29, 0.717) is 4.90 Å². The number of quaternary nitrogens is 1. The maximum atomic E-state index is 11.5. The lowest BCUT2D eigenvalue weighted by molar-refractivity contribution is -0.943. The molecule has 2 aliphatic rings. The van der Waals surface area contributed by atoms with Gasteiger partial charge in [0.25, 0.3) is 11.1 Å². The van der Waals surface area contributed by atoms with Crippen molar-refractivity contribution in [3.05, 3.63) is 31.9 Å². The Morgan fingerprint density at radius 3 is 2.30 bits per heavy atom. The SMILES string of the molecule is O=C([O-])CC[NH+]1C[C@]2([N+](=O)[O-])C=C(C(=O)[O-])C[C@]([N+](=O)[O-])(C1)C2. The third-order valence-corrected chi connectivity index (χ3v) is 4.43. The van der Waals surface area contributed by atoms with Gasteiger partial charge in [0, 0.05) is 28.3 Å². The van der Waals surface area contributed by atoms with Crippen LogP contribution in [0.3, 0.4) is 0 Å². The predicted molar refractivity (Wildman–Crippen MR) is 67.0 cm³/mol. The van der Waals surface area contributed by atoms with Gasteiger partial charge in [0.2, 0.25) is 0 Å². The van der Waals surface area contributed by atoms with Crippen LogP contribution in [0.25, 0.3) is 0 Å². The maximum Gasteiger partial charge on any atom is 0.295 e. The molecule has 0 aromatic carbocycles. The summed E-state index contributed by atoms with van der Waals surface area (Å²) in [6.07, 6.45) is -0.380. The van der Waals surface area contributed by atoms with Crippen molar-refractivity contribution in [3.8, 4) is 0 Å². The fraction of sp³-hybridized carbons (Fsp3) is 0.667. The average Bonchev–Trinajstić information content (AvgIpc) is 2.43. The highest BCUT2D eigenvalue weighted by atomic mass is 16.6. The van der Waals surface area contributed by atoms with Gasteiger partial charge in [-0.1, -0.05) is 0 Å². The Labute approximate surface area is 129 Å². The highest BCUT2D eigenvalue weighted by molar-refractivity contribution is 5.85. The van der Waals surface area contributed by atoms with Crippen LogP contribution in [0.5, 0.6) is 0 Å². The van der Waals surface area contributed by atoms with E-state index in [1.54, 1.807) is 0 Å². The molecule has 11 nitrogen and oxygen atoms in total. The van der Waals surface area contributed by atoms with E-state index in [4.69, 9.17) is 0 Å². The van der Waals surface area contributed by atoms with Crippen molar-refractivity contribution >= 4 is 11.9 Å². The molecule has 0 radical (unpaired) electrons. The van der Waals surface area contributed by atoms with Gasteiger partial charge in [-0.3, -0.25) is 20.2 Å². The molecule has 1 heterocycles. The Morgan fingerprint density at radius 1 is 1.17 bits per heavy atom. The number of nitrogens with one attached hydrogen (secondary N) is 1. The third-order valence-electron chi connectivity index (χ3n) is 4.43. The molecule has 23 heavy (non-hydrogen) atoms. The van der Waals surface area contributed by atoms with Gasteiger partial charge in [-0.05, 0) is 5.57 Å². The molecule has 1 aliphatic heterocycles. The van der Waals surface area contributed by atoms with Crippen LogP contribution < -0.4 is 15.1 Å². The maximum absolute atomic E-state index is 11.5. The number of fused-ring (bicyclic) bond motifs is 2. The Kier molecular flexibility index (Phi) is 4.07. The average molecular weight is 328 g/mol. The van der Waals surface area contributed by atoms with Gasteiger partial charge >= 0.3 is 0 Å². The summed E-state index contributed by atoms with van der Waals surface area (Å²) in [7, 11) is 0. The minimum atomic E-state index is -1.92. The Hall–Kier alpha value is -2.56. The molecule has 126 valence electrons. The first kappa shape index (κ1) is 16.8. The predicted octanol–water partition coefficient (Wildman–Crippen LogP) is -4.47. The van der Waals surface area contributed by atoms with E-state index < -0.39 is 57.7 Å². The van der Waals surface area contributed by atoms with E-state index in [0.717, 1.165) is 6.08 Å². The first-order valence-electron chi connectivity index (χ1n) is 6.86. The van der Waals surface area contributed by atoms with Gasteiger partial charge in [-0.2, -0.15) is 0 Å². The lowest BCUT2D eigenvalue weighted by Crippen LogP contribution is -3.18. The van der Waals surface area contributed by atoms with Crippen molar-refractivity contribution in [2.45, 2.75) is 30.3 Å². The number of piperidine rings is 1. The van der Waals surface area contributed by atoms with E-state index in [2.05, 4.69) is 0 Å². The molecule has 0 spiro atoms. The summed E-state index contributed by atoms with van der Waals surface area (Å²) >= 11 is 0. The van der Waals surface area contributed by atoms with Gasteiger partial charge in [-0.25, -0.2) is 0 Å². The zero-order chi connectivity index (χ0) is 17.4. The van der Waals surface area contributed by atoms with Crippen LogP contribution in [-0.2, 0) is 9.59 Å². The molecule has 0 saturated carbocycles. The van der Waals surface area contributed by atoms with E-state index >= 15 is 0 Å². The molecule has 3 atom stereocenters. The first-order chi connectivity index (χ1) is 10.6. The summed E-state index contributed by atoms with van der Waals surface area (Å²) < 4.78 is 0. The number of hydrogen-bond acceptors (Lipinski definition) is 8. The van der Waals surface area contributed by atoms with Gasteiger partial charge in [0.05, 0.1) is 18.9 Å². The number of nitrogens with zero attached hydrogens (tertiary/aromatic N) is 2. The molecule has 11 heteroatoms. The second-order valence-corrected chi connectivity index (χ2v) is 6.13. The number of rotatable bonds is 6. The summed E-state index contributed by atoms with van der Waals surface area (Å²) in [5.41, 5.74) is -4.19. The van der Waals surface area contributed by atoms with Crippen LogP contribution in [0.15, 0.2) is 11.6 Å². The molecule has 1 unspecified atom stereocenters. The highest BCUT2D eigenvalue weighted by Crippen LogP contribution is 2.39. The van der Waals surface area contributed by atoms with Crippen LogP contribution in [0.4, 0.5) is 0 Å². The van der Waals surface area contributed by atoms with E-state index in [1.165, 1.54) is 0 Å². The van der Waals surface area contributed by atoms with Gasteiger partial charge in [0.15, 0.2) is 6.54 Å². The molecular weight excluding hydrogens is 314 g/mol. The number of nitro groups is 2. The number of likely N-dealkylation sites (tertiary alicyclic amines) is 1. The van der Waals surface area contributed by atoms with Gasteiger partial charge < -0.3 is 24.7 Å². The smallest absolute Gasteiger partial charge is 0.295 e. The van der Waals surface area contributed by atoms with Crippen molar-refractivity contribution in [3.63, 3.8) is 0 Å². The molecule has 0 aromatic heterocycles. The monoisotopic (exact) mass is 328 g/mol. The number of aliphatic carboxylic acids is 2. The van der Waals surface area contributed by atoms with Crippen LogP contribution in [-0.4, -0.2) is 52.5 Å². The molecule has 2 bridgehead atoms. The van der Waals surface area contributed by atoms with Gasteiger partial charge in [-0.15, -0.1) is 0 Å². The number of carbonyl (C=O) groups is 2. The number of carbonyl (C=O) groups excluding carboxylic acids is 2. The van der Waals surface area contributed by atoms with E-state index in [9.17, 15) is 40.0 Å². The summed E-state index contributed by atoms with van der Waals surface area (Å²) in [5, 5.41) is 44.7. The Morgan fingerprint density at radius 2 is 1.83 bits per heavy atom. The Balaban J connectivity index is 2.45. The summed E-state index contributed by atoms with van der Waals surface area (Å²) in [6, 6.07) is 0. The molecule has 1 fully saturated rings. The van der Waals surface area contributed by atoms with Crippen molar-refractivity contribution in [2.24, 2.45) is 0 Å². The highest BCUT2D eigenvalue weighted by Gasteiger charge is 2.66. The summed E-state index contributed by atoms with van der Waals surface area (Å²) in [5.74, 6) is -3.02. The number of carboxylic acids is 2. The fourth-order valence-corrected chi connectivity index (χ4v) is 3.57. The van der Waals surface area contributed by atoms with E-state index in [1.807, 2.05) is 0 Å². The van der Waals surface area contributed by atoms with Crippen LogP contribution in [0.2, 0.25) is 0 Å². The molecular formula is C12H14N3O8-. The Bertz CT molecular complexity index is 617. The fourth-order valence-electron chi connectivity index (χ4n) is 3.57. The normalized spacial score (nSPS) is 32.7. The molecule has 1 aliphatic carbocycles. The number of hydrogen-bond donors (Lipinski definition) is 1. The summed E-state index contributed by atoms with van der Waals surface area (Å²) in [6.45, 7) is -0.477. The van der Waals surface area contributed by atoms with Gasteiger partial charge in [0.1, 0.15) is 13.0 Å². The molecule has 0 amide bonds. The van der Waals surface area contributed by atoms with Crippen LogP contribution in [0, 0.1) is 20.2 Å². The quantitative estimate of drug-likeness (QED) is 0.375. The van der Waals surface area contributed by atoms with Crippen molar-refractivity contribution in [1.82, 2.24) is 0 Å². The van der Waals surface area contributed by atoms with Crippen molar-refractivity contribution < 1.29 is 34.5 Å².